The number of carboxylic acid groups (broad SMARTS) is 1. The molecule has 3 N–H and O–H groups in total. The van der Waals surface area contributed by atoms with Gasteiger partial charge in [-0.3, -0.25) is 19.6 Å². The van der Waals surface area contributed by atoms with E-state index in [0.29, 0.717) is 0 Å². The van der Waals surface area contributed by atoms with Crippen molar-refractivity contribution in [1.29, 1.82) is 0 Å². The van der Waals surface area contributed by atoms with Crippen LogP contribution in [0.5, 0.6) is 5.75 Å². The Morgan fingerprint density at radius 1 is 1.32 bits per heavy atom. The molecule has 0 spiro atoms. The number of nitrogens with zero attached hydrogens (tertiary/aromatic N) is 2. The summed E-state index contributed by atoms with van der Waals surface area (Å²) in [5.74, 6) is -4.13. The Hall–Kier alpha value is -2.77. The quantitative estimate of drug-likeness (QED) is 0.735. The molecular formula is C11H8FN3O4. The summed E-state index contributed by atoms with van der Waals surface area (Å²) in [5.41, 5.74) is -0.369. The number of rotatable bonds is 3. The normalized spacial score (nSPS) is 10.4. The fourth-order valence-corrected chi connectivity index (χ4v) is 1.53. The molecular weight excluding hydrogens is 257 g/mol. The summed E-state index contributed by atoms with van der Waals surface area (Å²) in [6, 6.07) is 0.936. The van der Waals surface area contributed by atoms with Crippen molar-refractivity contribution in [2.24, 2.45) is 0 Å². The zero-order chi connectivity index (χ0) is 14.0. The van der Waals surface area contributed by atoms with Crippen LogP contribution in [0.25, 0.3) is 11.0 Å². The number of carbonyl (C=O) groups is 2. The lowest BCUT2D eigenvalue weighted by Gasteiger charge is -2.08. The third-order valence-electron chi connectivity index (χ3n) is 2.32. The molecule has 1 amide bonds. The molecule has 19 heavy (non-hydrogen) atoms. The number of amides is 1. The van der Waals surface area contributed by atoms with Crippen LogP contribution in [0.2, 0.25) is 0 Å². The van der Waals surface area contributed by atoms with Crippen molar-refractivity contribution in [2.75, 3.05) is 6.54 Å². The highest BCUT2D eigenvalue weighted by Gasteiger charge is 2.21. The number of aliphatic carboxylic acids is 1. The highest BCUT2D eigenvalue weighted by molar-refractivity contribution is 6.07. The summed E-state index contributed by atoms with van der Waals surface area (Å²) in [7, 11) is 0. The molecule has 0 bridgehead atoms. The molecule has 1 aromatic carbocycles. The number of hydrogen-bond donors (Lipinski definition) is 3. The zero-order valence-corrected chi connectivity index (χ0v) is 9.42. The predicted octanol–water partition coefficient (Wildman–Crippen LogP) is 0.289. The second-order valence-electron chi connectivity index (χ2n) is 3.58. The van der Waals surface area contributed by atoms with Crippen LogP contribution in [0.3, 0.4) is 0 Å². The third kappa shape index (κ3) is 2.41. The first-order valence-corrected chi connectivity index (χ1v) is 5.13. The molecule has 0 saturated carbocycles. The van der Waals surface area contributed by atoms with Gasteiger partial charge in [0.1, 0.15) is 17.6 Å². The molecule has 0 saturated heterocycles. The van der Waals surface area contributed by atoms with Gasteiger partial charge in [-0.05, 0) is 0 Å². The monoisotopic (exact) mass is 265 g/mol. The zero-order valence-electron chi connectivity index (χ0n) is 9.42. The number of aromatic nitrogens is 2. The molecule has 1 aromatic heterocycles. The molecule has 0 atom stereocenters. The topological polar surface area (TPSA) is 112 Å². The number of phenolic OH excluding ortho intramolecular Hbond substituents is 1. The molecule has 0 radical (unpaired) electrons. The Balaban J connectivity index is 2.54. The first-order chi connectivity index (χ1) is 9.00. The van der Waals surface area contributed by atoms with E-state index in [9.17, 15) is 19.1 Å². The average molecular weight is 265 g/mol. The lowest BCUT2D eigenvalue weighted by molar-refractivity contribution is -0.135. The first-order valence-electron chi connectivity index (χ1n) is 5.13. The molecule has 0 unspecified atom stereocenters. The van der Waals surface area contributed by atoms with E-state index < -0.39 is 35.6 Å². The van der Waals surface area contributed by atoms with Gasteiger partial charge in [0, 0.05) is 18.5 Å². The summed E-state index contributed by atoms with van der Waals surface area (Å²) in [4.78, 5) is 29.8. The van der Waals surface area contributed by atoms with Gasteiger partial charge in [-0.15, -0.1) is 0 Å². The molecule has 98 valence electrons. The molecule has 8 heteroatoms. The molecule has 7 nitrogen and oxygen atoms in total. The second kappa shape index (κ2) is 4.84. The molecule has 2 aromatic rings. The largest absolute Gasteiger partial charge is 0.504 e. The van der Waals surface area contributed by atoms with E-state index in [1.54, 1.807) is 0 Å². The van der Waals surface area contributed by atoms with E-state index in [4.69, 9.17) is 5.11 Å². The van der Waals surface area contributed by atoms with Gasteiger partial charge in [0.15, 0.2) is 11.6 Å². The van der Waals surface area contributed by atoms with Crippen molar-refractivity contribution in [3.8, 4) is 5.75 Å². The van der Waals surface area contributed by atoms with Crippen molar-refractivity contribution >= 4 is 22.9 Å². The van der Waals surface area contributed by atoms with Crippen molar-refractivity contribution in [2.45, 2.75) is 0 Å². The van der Waals surface area contributed by atoms with Gasteiger partial charge in [0.2, 0.25) is 0 Å². The number of phenols is 1. The van der Waals surface area contributed by atoms with E-state index in [-0.39, 0.29) is 11.0 Å². The van der Waals surface area contributed by atoms with Crippen LogP contribution in [0, 0.1) is 5.82 Å². The Bertz CT molecular complexity index is 674. The number of halogens is 1. The van der Waals surface area contributed by atoms with Crippen LogP contribution in [0.15, 0.2) is 18.5 Å². The lowest BCUT2D eigenvalue weighted by Crippen LogP contribution is -2.29. The molecule has 2 rings (SSSR count). The predicted molar refractivity (Wildman–Crippen MR) is 61.1 cm³/mol. The average Bonchev–Trinajstić information content (AvgIpc) is 2.37. The molecule has 0 aliphatic rings. The number of benzene rings is 1. The maximum Gasteiger partial charge on any atom is 0.322 e. The molecule has 0 fully saturated rings. The number of nitrogens with one attached hydrogen (secondary N) is 1. The Morgan fingerprint density at radius 3 is 2.68 bits per heavy atom. The molecule has 0 aliphatic carbocycles. The van der Waals surface area contributed by atoms with E-state index >= 15 is 0 Å². The minimum Gasteiger partial charge on any atom is -0.504 e. The van der Waals surface area contributed by atoms with E-state index in [2.05, 4.69) is 9.97 Å². The molecule has 0 aliphatic heterocycles. The van der Waals surface area contributed by atoms with Gasteiger partial charge >= 0.3 is 5.97 Å². The number of carboxylic acids is 1. The Kier molecular flexibility index (Phi) is 3.23. The van der Waals surface area contributed by atoms with Gasteiger partial charge in [-0.1, -0.05) is 0 Å². The number of carbonyl (C=O) groups excluding carboxylic acids is 1. The van der Waals surface area contributed by atoms with Gasteiger partial charge in [-0.25, -0.2) is 4.39 Å². The minimum atomic E-state index is -1.26. The van der Waals surface area contributed by atoms with Gasteiger partial charge in [0.25, 0.3) is 5.91 Å². The van der Waals surface area contributed by atoms with Crippen LogP contribution in [0.4, 0.5) is 4.39 Å². The minimum absolute atomic E-state index is 0.00992. The summed E-state index contributed by atoms with van der Waals surface area (Å²) < 4.78 is 13.5. The fourth-order valence-electron chi connectivity index (χ4n) is 1.53. The lowest BCUT2D eigenvalue weighted by atomic mass is 10.1. The van der Waals surface area contributed by atoms with Crippen molar-refractivity contribution in [3.05, 3.63) is 29.8 Å². The van der Waals surface area contributed by atoms with Crippen LogP contribution in [-0.4, -0.2) is 38.6 Å². The summed E-state index contributed by atoms with van der Waals surface area (Å²) in [5, 5.41) is 20.1. The van der Waals surface area contributed by atoms with E-state index in [0.717, 1.165) is 6.07 Å². The second-order valence-corrected chi connectivity index (χ2v) is 3.58. The SMILES string of the molecule is O=C(O)CNC(=O)c1c(O)c(F)cc2nccnc12. The fraction of sp³-hybridized carbons (Fsp3) is 0.0909. The van der Waals surface area contributed by atoms with Crippen LogP contribution in [0.1, 0.15) is 10.4 Å². The summed E-state index contributed by atoms with van der Waals surface area (Å²) in [6.07, 6.45) is 2.57. The summed E-state index contributed by atoms with van der Waals surface area (Å²) >= 11 is 0. The highest BCUT2D eigenvalue weighted by atomic mass is 19.1. The van der Waals surface area contributed by atoms with Gasteiger partial charge in [0.05, 0.1) is 5.52 Å². The number of aromatic hydroxyl groups is 1. The standard InChI is InChI=1S/C11H8FN3O4/c12-5-3-6-9(14-2-1-13-6)8(10(5)18)11(19)15-4-7(16)17/h1-3,18H,4H2,(H,15,19)(H,16,17). The number of fused-ring (bicyclic) bond motifs is 1. The maximum atomic E-state index is 13.5. The first kappa shape index (κ1) is 12.7. The van der Waals surface area contributed by atoms with E-state index in [1.807, 2.05) is 5.32 Å². The van der Waals surface area contributed by atoms with Crippen molar-refractivity contribution in [1.82, 2.24) is 15.3 Å². The van der Waals surface area contributed by atoms with Crippen LogP contribution < -0.4 is 5.32 Å². The van der Waals surface area contributed by atoms with Crippen LogP contribution >= 0.6 is 0 Å². The summed E-state index contributed by atoms with van der Waals surface area (Å²) in [6.45, 7) is -0.656. The van der Waals surface area contributed by atoms with Crippen molar-refractivity contribution < 1.29 is 24.2 Å². The van der Waals surface area contributed by atoms with Gasteiger partial charge < -0.3 is 15.5 Å². The Labute approximate surface area is 105 Å². The maximum absolute atomic E-state index is 13.5. The van der Waals surface area contributed by atoms with E-state index in [1.165, 1.54) is 12.4 Å². The number of hydrogen-bond acceptors (Lipinski definition) is 5. The molecule has 1 heterocycles. The van der Waals surface area contributed by atoms with Gasteiger partial charge in [-0.2, -0.15) is 0 Å². The third-order valence-corrected chi connectivity index (χ3v) is 2.32. The van der Waals surface area contributed by atoms with Crippen LogP contribution in [-0.2, 0) is 4.79 Å². The van der Waals surface area contributed by atoms with Crippen molar-refractivity contribution in [3.63, 3.8) is 0 Å². The smallest absolute Gasteiger partial charge is 0.322 e. The Morgan fingerprint density at radius 2 is 2.00 bits per heavy atom. The highest BCUT2D eigenvalue weighted by Crippen LogP contribution is 2.27.